The lowest BCUT2D eigenvalue weighted by Crippen LogP contribution is -2.56. The molecular weight excluding hydrogens is 713 g/mol. The summed E-state index contributed by atoms with van der Waals surface area (Å²) in [6, 6.07) is 6.69. The van der Waals surface area contributed by atoms with Crippen LogP contribution in [-0.2, 0) is 29.4 Å². The van der Waals surface area contributed by atoms with Crippen LogP contribution in [0.25, 0.3) is 22.2 Å². The number of nitrogens with zero attached hydrogens (tertiary/aromatic N) is 6. The van der Waals surface area contributed by atoms with E-state index in [0.29, 0.717) is 34.3 Å². The molecule has 1 saturated heterocycles. The third-order valence-electron chi connectivity index (χ3n) is 9.53. The molecule has 0 radical (unpaired) electrons. The Bertz CT molecular complexity index is 2160. The molecule has 2 amide bonds. The van der Waals surface area contributed by atoms with Crippen molar-refractivity contribution < 1.29 is 31.5 Å². The Labute approximate surface area is 298 Å². The van der Waals surface area contributed by atoms with E-state index >= 15 is 0 Å². The summed E-state index contributed by atoms with van der Waals surface area (Å²) in [5.41, 5.74) is 4.39. The molecule has 0 bridgehead atoms. The van der Waals surface area contributed by atoms with Crippen LogP contribution < -0.4 is 16.6 Å². The highest BCUT2D eigenvalue weighted by Crippen LogP contribution is 2.66. The highest BCUT2D eigenvalue weighted by atomic mass is 35.5. The number of nitrogens with one attached hydrogen (secondary N) is 2. The van der Waals surface area contributed by atoms with E-state index < -0.39 is 46.9 Å². The number of alkyl halides is 5. The first kappa shape index (κ1) is 36.7. The molecule has 3 aromatic heterocycles. The van der Waals surface area contributed by atoms with E-state index in [2.05, 4.69) is 20.4 Å². The molecule has 52 heavy (non-hydrogen) atoms. The Morgan fingerprint density at radius 1 is 1.21 bits per heavy atom. The van der Waals surface area contributed by atoms with Gasteiger partial charge in [-0.05, 0) is 61.7 Å². The van der Waals surface area contributed by atoms with Crippen LogP contribution in [0.15, 0.2) is 64.3 Å². The lowest BCUT2D eigenvalue weighted by molar-refractivity contribution is -0.141. The second-order valence-corrected chi connectivity index (χ2v) is 14.2. The third kappa shape index (κ3) is 7.31. The zero-order chi connectivity index (χ0) is 37.7. The number of nitrogens with two attached hydrogens (primary N) is 1. The average molecular weight is 748 g/mol. The van der Waals surface area contributed by atoms with Crippen molar-refractivity contribution in [3.05, 3.63) is 81.1 Å². The first-order valence-electron chi connectivity index (χ1n) is 16.2. The topological polar surface area (TPSA) is 156 Å². The number of benzene rings is 1. The number of carbonyl (C=O) groups is 2. The van der Waals surface area contributed by atoms with Crippen molar-refractivity contribution in [2.45, 2.75) is 69.9 Å². The molecule has 12 nitrogen and oxygen atoms in total. The minimum Gasteiger partial charge on any atom is -0.404 e. The molecule has 4 aromatic rings. The number of aryl methyl sites for hydroxylation is 1. The van der Waals surface area contributed by atoms with Crippen LogP contribution in [0.4, 0.5) is 22.0 Å². The van der Waals surface area contributed by atoms with Crippen molar-refractivity contribution in [2.75, 3.05) is 6.54 Å². The fraction of sp³-hybridized carbons (Fsp3) is 0.412. The van der Waals surface area contributed by atoms with Crippen molar-refractivity contribution in [1.82, 2.24) is 34.8 Å². The normalized spacial score (nSPS) is 20.2. The number of hydrogen-bond donors (Lipinski definition) is 3. The maximum atomic E-state index is 14.2. The molecule has 1 aromatic carbocycles. The SMILES string of the molecule is Cn1cc2cc(-c3ccc(C4CC45CCN(C(CC(=C/N)/C=N/C(F)F)C(=O)NC(C)(C)Cn4[nH]c(C(F)(F)F)cc4=O)C5=O)c(Cl)c3)cnc2n1. The third-order valence-corrected chi connectivity index (χ3v) is 9.86. The summed E-state index contributed by atoms with van der Waals surface area (Å²) in [6.45, 7) is -0.304. The van der Waals surface area contributed by atoms with Gasteiger partial charge in [-0.15, -0.1) is 0 Å². The number of fused-ring (bicyclic) bond motifs is 1. The zero-order valence-corrected chi connectivity index (χ0v) is 29.0. The Balaban J connectivity index is 1.22. The van der Waals surface area contributed by atoms with Crippen LogP contribution >= 0.6 is 11.6 Å². The number of likely N-dealkylation sites (tertiary alicyclic amines) is 1. The van der Waals surface area contributed by atoms with Gasteiger partial charge in [0.25, 0.3) is 5.56 Å². The van der Waals surface area contributed by atoms with Crippen molar-refractivity contribution in [2.24, 2.45) is 23.2 Å². The van der Waals surface area contributed by atoms with Crippen LogP contribution in [-0.4, -0.2) is 72.1 Å². The first-order chi connectivity index (χ1) is 24.4. The Morgan fingerprint density at radius 2 is 1.96 bits per heavy atom. The second kappa shape index (κ2) is 13.5. The second-order valence-electron chi connectivity index (χ2n) is 13.8. The van der Waals surface area contributed by atoms with Gasteiger partial charge in [0.15, 0.2) is 5.65 Å². The molecule has 1 spiro atoms. The molecule has 4 heterocycles. The van der Waals surface area contributed by atoms with Gasteiger partial charge in [-0.2, -0.15) is 27.1 Å². The average Bonchev–Trinajstić information content (AvgIpc) is 3.25. The molecular formula is C34H35ClF5N9O3. The van der Waals surface area contributed by atoms with Gasteiger partial charge in [0.2, 0.25) is 11.8 Å². The van der Waals surface area contributed by atoms with E-state index in [0.717, 1.165) is 34.5 Å². The highest BCUT2D eigenvalue weighted by molar-refractivity contribution is 6.31. The summed E-state index contributed by atoms with van der Waals surface area (Å²) >= 11 is 6.81. The van der Waals surface area contributed by atoms with Gasteiger partial charge < -0.3 is 16.0 Å². The number of halogens is 6. The summed E-state index contributed by atoms with van der Waals surface area (Å²) in [6.07, 6.45) is 1.17. The molecule has 18 heteroatoms. The van der Waals surface area contributed by atoms with Gasteiger partial charge in [0, 0.05) is 66.6 Å². The predicted octanol–water partition coefficient (Wildman–Crippen LogP) is 4.99. The minimum absolute atomic E-state index is 0.0485. The van der Waals surface area contributed by atoms with Crippen LogP contribution in [0.2, 0.25) is 5.02 Å². The number of amides is 2. The van der Waals surface area contributed by atoms with Crippen molar-refractivity contribution in [1.29, 1.82) is 0 Å². The van der Waals surface area contributed by atoms with E-state index in [4.69, 9.17) is 17.3 Å². The highest BCUT2D eigenvalue weighted by Gasteiger charge is 2.65. The number of aliphatic imine (C=N–C) groups is 1. The largest absolute Gasteiger partial charge is 0.432 e. The molecule has 3 atom stereocenters. The summed E-state index contributed by atoms with van der Waals surface area (Å²) in [4.78, 5) is 49.3. The monoisotopic (exact) mass is 747 g/mol. The van der Waals surface area contributed by atoms with E-state index in [1.165, 1.54) is 18.7 Å². The number of hydrogen-bond acceptors (Lipinski definition) is 7. The lowest BCUT2D eigenvalue weighted by Gasteiger charge is -2.33. The molecule has 276 valence electrons. The molecule has 2 fully saturated rings. The Morgan fingerprint density at radius 3 is 2.62 bits per heavy atom. The number of pyridine rings is 1. The van der Waals surface area contributed by atoms with Crippen LogP contribution in [0.5, 0.6) is 0 Å². The van der Waals surface area contributed by atoms with Gasteiger partial charge in [-0.3, -0.25) is 28.8 Å². The molecule has 3 unspecified atom stereocenters. The van der Waals surface area contributed by atoms with Gasteiger partial charge in [0.1, 0.15) is 11.7 Å². The van der Waals surface area contributed by atoms with Crippen LogP contribution in [0.3, 0.4) is 0 Å². The van der Waals surface area contributed by atoms with Gasteiger partial charge >= 0.3 is 12.7 Å². The van der Waals surface area contributed by atoms with Crippen molar-refractivity contribution >= 4 is 40.7 Å². The van der Waals surface area contributed by atoms with Gasteiger partial charge in [-0.1, -0.05) is 23.7 Å². The molecule has 6 rings (SSSR count). The molecule has 1 saturated carbocycles. The van der Waals surface area contributed by atoms with E-state index in [1.807, 2.05) is 42.6 Å². The van der Waals surface area contributed by atoms with E-state index in [1.54, 1.807) is 10.9 Å². The first-order valence-corrected chi connectivity index (χ1v) is 16.6. The van der Waals surface area contributed by atoms with Gasteiger partial charge in [0.05, 0.1) is 17.5 Å². The van der Waals surface area contributed by atoms with E-state index in [-0.39, 0.29) is 36.9 Å². The number of carbonyl (C=O) groups excluding carboxylic acids is 2. The molecule has 4 N–H and O–H groups in total. The van der Waals surface area contributed by atoms with Crippen LogP contribution in [0.1, 0.15) is 50.3 Å². The number of aromatic nitrogens is 5. The fourth-order valence-electron chi connectivity index (χ4n) is 6.95. The number of rotatable bonds is 11. The standard InChI is InChI=1S/C34H35ClF5N9O3/c1-32(2,17-49-27(50)11-26(45-49)34(38,39)40)44-29(51)25(8-18(13-41)14-43-31(36)37)48-7-6-33(30(48)52)12-23(33)22-5-4-19(10-24(22)35)20-9-21-16-47(3)46-28(21)42-15-20/h4-5,9-11,13-16,23,25,31,45H,6-8,12,17,41H2,1-3H3,(H,44,51)/b18-13-,43-14+. The van der Waals surface area contributed by atoms with E-state index in [9.17, 15) is 36.3 Å². The Hall–Kier alpha value is -5.06. The predicted molar refractivity (Wildman–Crippen MR) is 183 cm³/mol. The molecule has 1 aliphatic heterocycles. The smallest absolute Gasteiger partial charge is 0.404 e. The maximum Gasteiger partial charge on any atom is 0.432 e. The van der Waals surface area contributed by atoms with Crippen molar-refractivity contribution in [3.63, 3.8) is 0 Å². The molecule has 1 aliphatic carbocycles. The summed E-state index contributed by atoms with van der Waals surface area (Å²) < 4.78 is 67.8. The van der Waals surface area contributed by atoms with Crippen molar-refractivity contribution in [3.8, 4) is 11.1 Å². The fourth-order valence-corrected chi connectivity index (χ4v) is 7.26. The minimum atomic E-state index is -4.79. The number of aromatic amines is 1. The molecule has 2 aliphatic rings. The quantitative estimate of drug-likeness (QED) is 0.112. The summed E-state index contributed by atoms with van der Waals surface area (Å²) in [5.74, 6) is -1.31. The Kier molecular flexibility index (Phi) is 9.52. The zero-order valence-electron chi connectivity index (χ0n) is 28.2. The van der Waals surface area contributed by atoms with Gasteiger partial charge in [-0.25, -0.2) is 9.98 Å². The summed E-state index contributed by atoms with van der Waals surface area (Å²) in [5, 5.41) is 10.3. The maximum absolute atomic E-state index is 14.2. The lowest BCUT2D eigenvalue weighted by atomic mass is 9.95. The summed E-state index contributed by atoms with van der Waals surface area (Å²) in [7, 11) is 1.81. The van der Waals surface area contributed by atoms with Crippen LogP contribution in [0, 0.1) is 5.41 Å². The number of H-pyrrole nitrogens is 1.